The van der Waals surface area contributed by atoms with E-state index >= 15 is 0 Å². The van der Waals surface area contributed by atoms with E-state index in [0.29, 0.717) is 25.6 Å². The van der Waals surface area contributed by atoms with Crippen molar-refractivity contribution in [2.45, 2.75) is 90.7 Å². The van der Waals surface area contributed by atoms with Gasteiger partial charge in [0.2, 0.25) is 0 Å². The SMILES string of the molecule is CCCCCCOC(=O)C(CC)C(COOCC(CC)CCCC)SOO[O-].[Na+]. The minimum absolute atomic E-state index is 0. The van der Waals surface area contributed by atoms with Crippen molar-refractivity contribution in [3.63, 3.8) is 0 Å². The Morgan fingerprint density at radius 2 is 1.62 bits per heavy atom. The molecule has 0 aromatic carbocycles. The molecule has 0 aliphatic carbocycles. The van der Waals surface area contributed by atoms with E-state index in [1.807, 2.05) is 6.92 Å². The quantitative estimate of drug-likeness (QED) is 0.0695. The van der Waals surface area contributed by atoms with Gasteiger partial charge < -0.3 is 9.99 Å². The Bertz CT molecular complexity index is 364. The summed E-state index contributed by atoms with van der Waals surface area (Å²) in [5, 5.41) is 13.2. The zero-order valence-corrected chi connectivity index (χ0v) is 21.8. The van der Waals surface area contributed by atoms with E-state index in [-0.39, 0.29) is 42.1 Å². The second-order valence-corrected chi connectivity index (χ2v) is 7.93. The summed E-state index contributed by atoms with van der Waals surface area (Å²) in [7, 11) is 0. The number of rotatable bonds is 20. The minimum atomic E-state index is -0.475. The van der Waals surface area contributed by atoms with Crippen LogP contribution in [0.5, 0.6) is 0 Å². The maximum absolute atomic E-state index is 12.4. The van der Waals surface area contributed by atoms with E-state index in [0.717, 1.165) is 63.4 Å². The van der Waals surface area contributed by atoms with Crippen molar-refractivity contribution in [3.05, 3.63) is 0 Å². The molecule has 168 valence electrons. The topological polar surface area (TPSA) is 86.3 Å². The van der Waals surface area contributed by atoms with Crippen molar-refractivity contribution in [3.8, 4) is 0 Å². The van der Waals surface area contributed by atoms with Gasteiger partial charge in [0.1, 0.15) is 0 Å². The Hall–Kier alpha value is 0.620. The summed E-state index contributed by atoms with van der Waals surface area (Å²) in [6.45, 7) is 9.32. The first kappa shape index (κ1) is 31.8. The molecule has 0 spiro atoms. The van der Waals surface area contributed by atoms with Gasteiger partial charge in [-0.3, -0.25) is 9.83 Å². The maximum atomic E-state index is 12.4. The maximum Gasteiger partial charge on any atom is 1.00 e. The summed E-state index contributed by atoms with van der Waals surface area (Å²) in [6, 6.07) is 0. The number of hydrogen-bond donors (Lipinski definition) is 0. The third kappa shape index (κ3) is 16.9. The van der Waals surface area contributed by atoms with Crippen molar-refractivity contribution in [1.82, 2.24) is 0 Å². The van der Waals surface area contributed by atoms with Crippen LogP contribution < -0.4 is 34.8 Å². The Labute approximate surface area is 203 Å². The van der Waals surface area contributed by atoms with Gasteiger partial charge >= 0.3 is 35.5 Å². The summed E-state index contributed by atoms with van der Waals surface area (Å²) in [6.07, 6.45) is 9.13. The molecule has 0 aliphatic heterocycles. The number of unbranched alkanes of at least 4 members (excludes halogenated alkanes) is 4. The molecule has 0 heterocycles. The fraction of sp³-hybridized carbons (Fsp3) is 0.950. The van der Waals surface area contributed by atoms with Crippen LogP contribution in [0.15, 0.2) is 0 Å². The van der Waals surface area contributed by atoms with E-state index in [1.165, 1.54) is 0 Å². The molecule has 3 unspecified atom stereocenters. The number of esters is 1. The van der Waals surface area contributed by atoms with Gasteiger partial charge in [-0.05, 0) is 25.2 Å². The molecule has 0 saturated heterocycles. The van der Waals surface area contributed by atoms with Crippen LogP contribution in [0.2, 0.25) is 0 Å². The first-order chi connectivity index (χ1) is 13.6. The minimum Gasteiger partial charge on any atom is -0.691 e. The molecule has 7 nitrogen and oxygen atoms in total. The van der Waals surface area contributed by atoms with Gasteiger partial charge in [0.05, 0.1) is 31.0 Å². The van der Waals surface area contributed by atoms with Gasteiger partial charge in [-0.2, -0.15) is 4.33 Å². The Balaban J connectivity index is 0. The molecule has 0 aliphatic rings. The van der Waals surface area contributed by atoms with Gasteiger partial charge in [0.15, 0.2) is 0 Å². The zero-order chi connectivity index (χ0) is 21.0. The van der Waals surface area contributed by atoms with Crippen LogP contribution in [0.25, 0.3) is 0 Å². The molecule has 0 amide bonds. The van der Waals surface area contributed by atoms with Gasteiger partial charge in [-0.15, -0.1) is 0 Å². The van der Waals surface area contributed by atoms with E-state index in [2.05, 4.69) is 30.1 Å². The zero-order valence-electron chi connectivity index (χ0n) is 19.0. The van der Waals surface area contributed by atoms with E-state index in [4.69, 9.17) is 14.5 Å². The number of hydrogen-bond acceptors (Lipinski definition) is 8. The third-order valence-corrected chi connectivity index (χ3v) is 5.63. The smallest absolute Gasteiger partial charge is 0.691 e. The van der Waals surface area contributed by atoms with Crippen molar-refractivity contribution < 1.29 is 63.5 Å². The van der Waals surface area contributed by atoms with Crippen LogP contribution >= 0.6 is 12.0 Å². The molecule has 0 N–H and O–H groups in total. The van der Waals surface area contributed by atoms with Gasteiger partial charge in [0.25, 0.3) is 0 Å². The monoisotopic (exact) mass is 446 g/mol. The number of carbonyl (C=O) groups excluding carboxylic acids is 1. The normalized spacial score (nSPS) is 14.1. The molecule has 0 saturated carbocycles. The molecular formula is C20H39NaO7S. The fourth-order valence-electron chi connectivity index (χ4n) is 2.83. The van der Waals surface area contributed by atoms with Crippen LogP contribution in [0.1, 0.15) is 85.5 Å². The van der Waals surface area contributed by atoms with E-state index in [1.54, 1.807) is 0 Å². The predicted octanol–water partition coefficient (Wildman–Crippen LogP) is 1.55. The summed E-state index contributed by atoms with van der Waals surface area (Å²) in [5.41, 5.74) is 0. The second-order valence-electron chi connectivity index (χ2n) is 7.00. The van der Waals surface area contributed by atoms with Crippen molar-refractivity contribution in [2.24, 2.45) is 11.8 Å². The molecule has 29 heavy (non-hydrogen) atoms. The first-order valence-electron chi connectivity index (χ1n) is 10.7. The molecule has 0 aromatic heterocycles. The predicted molar refractivity (Wildman–Crippen MR) is 108 cm³/mol. The molecule has 0 rings (SSSR count). The summed E-state index contributed by atoms with van der Waals surface area (Å²) in [5.74, 6) is -0.344. The van der Waals surface area contributed by atoms with Crippen LogP contribution in [0.3, 0.4) is 0 Å². The molecule has 3 atom stereocenters. The Morgan fingerprint density at radius 1 is 0.931 bits per heavy atom. The van der Waals surface area contributed by atoms with Crippen LogP contribution in [0, 0.1) is 11.8 Å². The van der Waals surface area contributed by atoms with Crippen molar-refractivity contribution in [2.75, 3.05) is 19.8 Å². The molecule has 0 radical (unpaired) electrons. The van der Waals surface area contributed by atoms with Crippen LogP contribution in [0.4, 0.5) is 0 Å². The molecule has 0 bridgehead atoms. The summed E-state index contributed by atoms with van der Waals surface area (Å²) < 4.78 is 9.84. The number of ether oxygens (including phenoxy) is 1. The molecular weight excluding hydrogens is 407 g/mol. The Kier molecular flexibility index (Phi) is 25.5. The second kappa shape index (κ2) is 23.3. The molecule has 0 aromatic rings. The van der Waals surface area contributed by atoms with Gasteiger partial charge in [-0.1, -0.05) is 66.2 Å². The van der Waals surface area contributed by atoms with Gasteiger partial charge in [0, 0.05) is 12.0 Å². The summed E-state index contributed by atoms with van der Waals surface area (Å²) >= 11 is 0.768. The van der Waals surface area contributed by atoms with Crippen molar-refractivity contribution >= 4 is 18.0 Å². The molecule has 0 fully saturated rings. The first-order valence-corrected chi connectivity index (χ1v) is 11.5. The number of carbonyl (C=O) groups is 1. The summed E-state index contributed by atoms with van der Waals surface area (Å²) in [4.78, 5) is 23.1. The molecule has 9 heteroatoms. The largest absolute Gasteiger partial charge is 1.00 e. The third-order valence-electron chi connectivity index (χ3n) is 4.79. The average Bonchev–Trinajstić information content (AvgIpc) is 2.71. The van der Waals surface area contributed by atoms with Crippen molar-refractivity contribution in [1.29, 1.82) is 0 Å². The van der Waals surface area contributed by atoms with E-state index < -0.39 is 11.2 Å². The standard InChI is InChI=1S/C20H40O7S.Na/c1-5-9-11-12-14-23-20(21)18(8-4)19(28-27-26-22)16-25-24-15-17(7-3)13-10-6-2;/h17-19,22H,5-16H2,1-4H3;/q;+1/p-1. The van der Waals surface area contributed by atoms with Crippen LogP contribution in [-0.4, -0.2) is 31.0 Å². The van der Waals surface area contributed by atoms with E-state index in [9.17, 15) is 10.1 Å². The van der Waals surface area contributed by atoms with Crippen LogP contribution in [-0.2, 0) is 28.7 Å². The fourth-order valence-corrected chi connectivity index (χ4v) is 3.51. The van der Waals surface area contributed by atoms with Gasteiger partial charge in [-0.25, -0.2) is 9.78 Å². The average molecular weight is 447 g/mol. The Morgan fingerprint density at radius 3 is 2.21 bits per heavy atom.